The monoisotopic (exact) mass is 396 g/mol. The van der Waals surface area contributed by atoms with Crippen LogP contribution in [0.2, 0.25) is 0 Å². The molecule has 0 aliphatic rings. The molecule has 0 bridgehead atoms. The molecule has 3 rings (SSSR count). The predicted octanol–water partition coefficient (Wildman–Crippen LogP) is 4.18. The van der Waals surface area contributed by atoms with Crippen LogP contribution in [-0.4, -0.2) is 26.7 Å². The van der Waals surface area contributed by atoms with Crippen molar-refractivity contribution < 1.29 is 4.42 Å². The van der Waals surface area contributed by atoms with Crippen LogP contribution in [-0.2, 0) is 13.2 Å². The third kappa shape index (κ3) is 3.70. The largest absolute Gasteiger partial charge is 0.409 e. The zero-order valence-corrected chi connectivity index (χ0v) is 15.0. The summed E-state index contributed by atoms with van der Waals surface area (Å²) in [6.45, 7) is 1.39. The van der Waals surface area contributed by atoms with Gasteiger partial charge in [0.05, 0.1) is 16.0 Å². The van der Waals surface area contributed by atoms with Crippen molar-refractivity contribution in [2.75, 3.05) is 7.05 Å². The Morgan fingerprint density at radius 3 is 2.95 bits per heavy atom. The summed E-state index contributed by atoms with van der Waals surface area (Å²) in [5, 5.41) is 4.43. The van der Waals surface area contributed by atoms with Gasteiger partial charge in [0, 0.05) is 23.8 Å². The van der Waals surface area contributed by atoms with E-state index in [0.717, 1.165) is 15.9 Å². The number of nitrogens with zero attached hydrogens (tertiary/aromatic N) is 4. The van der Waals surface area contributed by atoms with Gasteiger partial charge in [0.15, 0.2) is 0 Å². The van der Waals surface area contributed by atoms with Crippen molar-refractivity contribution in [1.82, 2.24) is 19.7 Å². The lowest BCUT2D eigenvalue weighted by Gasteiger charge is -2.14. The molecule has 0 atom stereocenters. The van der Waals surface area contributed by atoms with Gasteiger partial charge >= 0.3 is 0 Å². The highest BCUT2D eigenvalue weighted by molar-refractivity contribution is 9.11. The fourth-order valence-electron chi connectivity index (χ4n) is 1.98. The molecule has 0 unspecified atom stereocenters. The number of rotatable bonds is 5. The Bertz CT molecular complexity index is 812. The Hall–Kier alpha value is -1.35. The summed E-state index contributed by atoms with van der Waals surface area (Å²) in [6.07, 6.45) is 3.42. The standard InChI is InChI=1S/C14H13BrN4OS2/c1-18(8-11-4-5-12(15)22-11)9-19-14(21)20-13(17-19)10-3-2-6-16-7-10/h2-7H,8-9H2,1H3. The van der Waals surface area contributed by atoms with Crippen molar-refractivity contribution in [3.63, 3.8) is 0 Å². The molecular formula is C14H13BrN4OS2. The van der Waals surface area contributed by atoms with Gasteiger partial charge in [0.25, 0.3) is 4.84 Å². The zero-order valence-electron chi connectivity index (χ0n) is 11.8. The maximum atomic E-state index is 5.55. The molecule has 0 fully saturated rings. The van der Waals surface area contributed by atoms with Crippen molar-refractivity contribution in [2.24, 2.45) is 0 Å². The maximum Gasteiger partial charge on any atom is 0.288 e. The van der Waals surface area contributed by atoms with E-state index < -0.39 is 0 Å². The minimum absolute atomic E-state index is 0.359. The van der Waals surface area contributed by atoms with Crippen molar-refractivity contribution in [2.45, 2.75) is 13.2 Å². The Labute approximate surface area is 145 Å². The van der Waals surface area contributed by atoms with Crippen LogP contribution in [0.3, 0.4) is 0 Å². The molecule has 3 aromatic rings. The number of thiophene rings is 1. The van der Waals surface area contributed by atoms with E-state index in [0.29, 0.717) is 17.4 Å². The smallest absolute Gasteiger partial charge is 0.288 e. The molecule has 0 aromatic carbocycles. The first-order valence-electron chi connectivity index (χ1n) is 6.53. The first-order valence-corrected chi connectivity index (χ1v) is 8.55. The molecule has 0 spiro atoms. The third-order valence-electron chi connectivity index (χ3n) is 2.94. The van der Waals surface area contributed by atoms with Gasteiger partial charge in [-0.15, -0.1) is 16.4 Å². The maximum absolute atomic E-state index is 5.55. The number of pyridine rings is 1. The second kappa shape index (κ2) is 6.82. The summed E-state index contributed by atoms with van der Waals surface area (Å²) >= 11 is 10.4. The SMILES string of the molecule is CN(Cc1ccc(Br)s1)Cn1nc(-c2cccnc2)oc1=S. The number of hydrogen-bond donors (Lipinski definition) is 0. The summed E-state index contributed by atoms with van der Waals surface area (Å²) in [5.74, 6) is 0.491. The molecule has 0 radical (unpaired) electrons. The Morgan fingerprint density at radius 2 is 2.27 bits per heavy atom. The number of aromatic nitrogens is 3. The molecule has 22 heavy (non-hydrogen) atoms. The highest BCUT2D eigenvalue weighted by atomic mass is 79.9. The first-order chi connectivity index (χ1) is 10.6. The average molecular weight is 397 g/mol. The molecule has 3 aromatic heterocycles. The van der Waals surface area contributed by atoms with Crippen LogP contribution in [0.25, 0.3) is 11.5 Å². The van der Waals surface area contributed by atoms with Gasteiger partial charge in [-0.2, -0.15) is 0 Å². The Morgan fingerprint density at radius 1 is 1.41 bits per heavy atom. The lowest BCUT2D eigenvalue weighted by atomic mass is 10.3. The highest BCUT2D eigenvalue weighted by Crippen LogP contribution is 2.23. The van der Waals surface area contributed by atoms with E-state index in [2.05, 4.69) is 43.0 Å². The fraction of sp³-hybridized carbons (Fsp3) is 0.214. The molecule has 5 nitrogen and oxygen atoms in total. The van der Waals surface area contributed by atoms with E-state index in [-0.39, 0.29) is 0 Å². The van der Waals surface area contributed by atoms with Gasteiger partial charge in [-0.05, 0) is 59.5 Å². The molecule has 0 saturated carbocycles. The van der Waals surface area contributed by atoms with E-state index in [4.69, 9.17) is 16.6 Å². The highest BCUT2D eigenvalue weighted by Gasteiger charge is 2.10. The van der Waals surface area contributed by atoms with E-state index in [1.54, 1.807) is 28.4 Å². The quantitative estimate of drug-likeness (QED) is 0.605. The summed E-state index contributed by atoms with van der Waals surface area (Å²) in [4.78, 5) is 7.83. The number of halogens is 1. The van der Waals surface area contributed by atoms with Gasteiger partial charge in [-0.3, -0.25) is 9.88 Å². The molecule has 0 aliphatic carbocycles. The van der Waals surface area contributed by atoms with Crippen molar-refractivity contribution in [1.29, 1.82) is 0 Å². The van der Waals surface area contributed by atoms with Crippen molar-refractivity contribution >= 4 is 39.5 Å². The van der Waals surface area contributed by atoms with E-state index in [9.17, 15) is 0 Å². The predicted molar refractivity (Wildman–Crippen MR) is 92.0 cm³/mol. The summed E-state index contributed by atoms with van der Waals surface area (Å²) in [6, 6.07) is 7.89. The summed E-state index contributed by atoms with van der Waals surface area (Å²) in [5.41, 5.74) is 0.817. The van der Waals surface area contributed by atoms with Crippen molar-refractivity contribution in [3.8, 4) is 11.5 Å². The van der Waals surface area contributed by atoms with E-state index in [1.165, 1.54) is 4.88 Å². The summed E-state index contributed by atoms with van der Waals surface area (Å²) in [7, 11) is 2.02. The van der Waals surface area contributed by atoms with Crippen LogP contribution in [0.15, 0.2) is 44.9 Å². The second-order valence-corrected chi connectivity index (χ2v) is 7.67. The Kier molecular flexibility index (Phi) is 4.82. The van der Waals surface area contributed by atoms with Gasteiger partial charge in [0.1, 0.15) is 0 Å². The van der Waals surface area contributed by atoms with Gasteiger partial charge in [-0.25, -0.2) is 4.68 Å². The van der Waals surface area contributed by atoms with Crippen LogP contribution in [0.5, 0.6) is 0 Å². The minimum Gasteiger partial charge on any atom is -0.409 e. The molecule has 3 heterocycles. The Balaban J connectivity index is 1.73. The molecule has 0 N–H and O–H groups in total. The summed E-state index contributed by atoms with van der Waals surface area (Å²) < 4.78 is 8.36. The molecule has 8 heteroatoms. The number of hydrogen-bond acceptors (Lipinski definition) is 6. The fourth-order valence-corrected chi connectivity index (χ4v) is 3.72. The molecule has 0 saturated heterocycles. The van der Waals surface area contributed by atoms with Crippen LogP contribution in [0, 0.1) is 4.84 Å². The lowest BCUT2D eigenvalue weighted by Crippen LogP contribution is -2.22. The van der Waals surface area contributed by atoms with Crippen LogP contribution in [0.4, 0.5) is 0 Å². The molecule has 114 valence electrons. The van der Waals surface area contributed by atoms with E-state index in [1.807, 2.05) is 19.2 Å². The zero-order chi connectivity index (χ0) is 15.5. The van der Waals surface area contributed by atoms with Gasteiger partial charge in [0.2, 0.25) is 5.89 Å². The van der Waals surface area contributed by atoms with E-state index >= 15 is 0 Å². The topological polar surface area (TPSA) is 47.1 Å². The van der Waals surface area contributed by atoms with Crippen LogP contribution in [0.1, 0.15) is 4.88 Å². The lowest BCUT2D eigenvalue weighted by molar-refractivity contribution is 0.242. The molecule has 0 amide bonds. The normalized spacial score (nSPS) is 11.2. The first kappa shape index (κ1) is 15.5. The average Bonchev–Trinajstić information content (AvgIpc) is 3.07. The van der Waals surface area contributed by atoms with Gasteiger partial charge < -0.3 is 4.42 Å². The van der Waals surface area contributed by atoms with Gasteiger partial charge in [-0.1, -0.05) is 0 Å². The third-order valence-corrected chi connectivity index (χ3v) is 4.85. The molecular weight excluding hydrogens is 384 g/mol. The second-order valence-electron chi connectivity index (χ2n) is 4.78. The van der Waals surface area contributed by atoms with Crippen molar-refractivity contribution in [3.05, 3.63) is 50.2 Å². The van der Waals surface area contributed by atoms with Crippen LogP contribution >= 0.6 is 39.5 Å². The van der Waals surface area contributed by atoms with Crippen LogP contribution < -0.4 is 0 Å². The molecule has 0 aliphatic heterocycles. The minimum atomic E-state index is 0.359.